The Hall–Kier alpha value is -2.63. The van der Waals surface area contributed by atoms with Crippen LogP contribution in [0.5, 0.6) is 5.75 Å². The summed E-state index contributed by atoms with van der Waals surface area (Å²) in [6.07, 6.45) is -3.05. The first-order valence-corrected chi connectivity index (χ1v) is 6.09. The summed E-state index contributed by atoms with van der Waals surface area (Å²) in [5, 5.41) is 9.78. The standard InChI is InChI=1S/C15H9F3N2O/c16-15(17,18)21-12-7-5-10(6-8-12)14-13-4-2-1-3-11(13)9-19-20-14/h1-9H. The van der Waals surface area contributed by atoms with E-state index in [1.165, 1.54) is 24.3 Å². The maximum atomic E-state index is 12.1. The Kier molecular flexibility index (Phi) is 3.21. The molecule has 0 aliphatic heterocycles. The van der Waals surface area contributed by atoms with E-state index in [-0.39, 0.29) is 5.75 Å². The third kappa shape index (κ3) is 2.94. The number of benzene rings is 2. The third-order valence-electron chi connectivity index (χ3n) is 2.93. The van der Waals surface area contributed by atoms with Crippen LogP contribution in [0.15, 0.2) is 54.7 Å². The van der Waals surface area contributed by atoms with Gasteiger partial charge in [0.25, 0.3) is 0 Å². The lowest BCUT2D eigenvalue weighted by Crippen LogP contribution is -2.16. The zero-order chi connectivity index (χ0) is 14.9. The summed E-state index contributed by atoms with van der Waals surface area (Å²) in [7, 11) is 0. The van der Waals surface area contributed by atoms with Crippen molar-refractivity contribution in [3.05, 3.63) is 54.7 Å². The van der Waals surface area contributed by atoms with Gasteiger partial charge in [-0.25, -0.2) is 0 Å². The lowest BCUT2D eigenvalue weighted by Gasteiger charge is -2.09. The van der Waals surface area contributed by atoms with Gasteiger partial charge in [0.2, 0.25) is 0 Å². The molecule has 3 nitrogen and oxygen atoms in total. The minimum absolute atomic E-state index is 0.264. The molecule has 0 saturated heterocycles. The molecule has 0 amide bonds. The van der Waals surface area contributed by atoms with Gasteiger partial charge in [-0.15, -0.1) is 18.3 Å². The van der Waals surface area contributed by atoms with Crippen molar-refractivity contribution in [2.24, 2.45) is 0 Å². The Morgan fingerprint density at radius 2 is 1.62 bits per heavy atom. The van der Waals surface area contributed by atoms with Crippen LogP contribution in [-0.4, -0.2) is 16.6 Å². The maximum Gasteiger partial charge on any atom is 0.573 e. The fraction of sp³-hybridized carbons (Fsp3) is 0.0667. The number of hydrogen-bond acceptors (Lipinski definition) is 3. The molecule has 3 aromatic rings. The van der Waals surface area contributed by atoms with Gasteiger partial charge >= 0.3 is 6.36 Å². The smallest absolute Gasteiger partial charge is 0.406 e. The molecule has 0 unspecified atom stereocenters. The summed E-state index contributed by atoms with van der Waals surface area (Å²) in [5.74, 6) is -0.264. The highest BCUT2D eigenvalue weighted by Gasteiger charge is 2.30. The molecule has 0 aliphatic carbocycles. The molecule has 0 fully saturated rings. The van der Waals surface area contributed by atoms with Gasteiger partial charge in [-0.2, -0.15) is 5.10 Å². The summed E-state index contributed by atoms with van der Waals surface area (Å²) in [6, 6.07) is 13.1. The maximum absolute atomic E-state index is 12.1. The van der Waals surface area contributed by atoms with Gasteiger partial charge in [0.1, 0.15) is 11.4 Å². The first-order chi connectivity index (χ1) is 10.0. The molecule has 0 saturated carbocycles. The zero-order valence-corrected chi connectivity index (χ0v) is 10.6. The fourth-order valence-electron chi connectivity index (χ4n) is 2.06. The zero-order valence-electron chi connectivity index (χ0n) is 10.6. The molecule has 0 bridgehead atoms. The quantitative estimate of drug-likeness (QED) is 0.709. The minimum atomic E-state index is -4.69. The van der Waals surface area contributed by atoms with Crippen molar-refractivity contribution in [1.82, 2.24) is 10.2 Å². The SMILES string of the molecule is FC(F)(F)Oc1ccc(-c2nncc3ccccc23)cc1. The van der Waals surface area contributed by atoms with Crippen LogP contribution in [0.1, 0.15) is 0 Å². The number of fused-ring (bicyclic) bond motifs is 1. The van der Waals surface area contributed by atoms with E-state index in [1.807, 2.05) is 24.3 Å². The molecule has 0 aliphatic rings. The third-order valence-corrected chi connectivity index (χ3v) is 2.93. The van der Waals surface area contributed by atoms with Crippen LogP contribution >= 0.6 is 0 Å². The summed E-state index contributed by atoms with van der Waals surface area (Å²) >= 11 is 0. The number of nitrogens with zero attached hydrogens (tertiary/aromatic N) is 2. The van der Waals surface area contributed by atoms with E-state index in [0.717, 1.165) is 10.8 Å². The van der Waals surface area contributed by atoms with Gasteiger partial charge in [-0.05, 0) is 24.3 Å². The van der Waals surface area contributed by atoms with Gasteiger partial charge < -0.3 is 4.74 Å². The summed E-state index contributed by atoms with van der Waals surface area (Å²) < 4.78 is 40.2. The topological polar surface area (TPSA) is 35.0 Å². The second-order valence-electron chi connectivity index (χ2n) is 4.35. The second kappa shape index (κ2) is 5.05. The summed E-state index contributed by atoms with van der Waals surface area (Å²) in [4.78, 5) is 0. The molecule has 1 aromatic heterocycles. The average Bonchev–Trinajstić information content (AvgIpc) is 2.46. The van der Waals surface area contributed by atoms with Crippen molar-refractivity contribution < 1.29 is 17.9 Å². The van der Waals surface area contributed by atoms with Crippen LogP contribution in [0.2, 0.25) is 0 Å². The molecule has 106 valence electrons. The number of ether oxygens (including phenoxy) is 1. The Bertz CT molecular complexity index is 764. The van der Waals surface area contributed by atoms with Crippen molar-refractivity contribution in [2.75, 3.05) is 0 Å². The number of halogens is 3. The normalized spacial score (nSPS) is 11.6. The minimum Gasteiger partial charge on any atom is -0.406 e. The van der Waals surface area contributed by atoms with E-state index in [4.69, 9.17) is 0 Å². The fourth-order valence-corrected chi connectivity index (χ4v) is 2.06. The molecule has 0 spiro atoms. The molecule has 3 rings (SSSR count). The Morgan fingerprint density at radius 1 is 0.905 bits per heavy atom. The van der Waals surface area contributed by atoms with Crippen LogP contribution in [0.25, 0.3) is 22.0 Å². The van der Waals surface area contributed by atoms with Crippen LogP contribution in [0.3, 0.4) is 0 Å². The van der Waals surface area contributed by atoms with E-state index in [1.54, 1.807) is 6.20 Å². The average molecular weight is 290 g/mol. The number of hydrogen-bond donors (Lipinski definition) is 0. The largest absolute Gasteiger partial charge is 0.573 e. The van der Waals surface area contributed by atoms with E-state index in [9.17, 15) is 13.2 Å². The molecule has 2 aromatic carbocycles. The van der Waals surface area contributed by atoms with Crippen molar-refractivity contribution in [3.8, 4) is 17.0 Å². The predicted molar refractivity (Wildman–Crippen MR) is 71.7 cm³/mol. The molecule has 1 heterocycles. The van der Waals surface area contributed by atoms with Gasteiger partial charge in [0.05, 0.1) is 6.20 Å². The number of alkyl halides is 3. The Balaban J connectivity index is 2.00. The van der Waals surface area contributed by atoms with Gasteiger partial charge in [0, 0.05) is 16.3 Å². The van der Waals surface area contributed by atoms with E-state index < -0.39 is 6.36 Å². The van der Waals surface area contributed by atoms with Gasteiger partial charge in [0.15, 0.2) is 0 Å². The molecular weight excluding hydrogens is 281 g/mol. The highest BCUT2D eigenvalue weighted by Crippen LogP contribution is 2.28. The van der Waals surface area contributed by atoms with Crippen molar-refractivity contribution in [2.45, 2.75) is 6.36 Å². The molecule has 0 atom stereocenters. The van der Waals surface area contributed by atoms with E-state index in [2.05, 4.69) is 14.9 Å². The molecule has 0 radical (unpaired) electrons. The van der Waals surface area contributed by atoms with E-state index in [0.29, 0.717) is 11.3 Å². The van der Waals surface area contributed by atoms with Crippen LogP contribution in [0.4, 0.5) is 13.2 Å². The summed E-state index contributed by atoms with van der Waals surface area (Å²) in [5.41, 5.74) is 1.29. The Labute approximate surface area is 118 Å². The second-order valence-corrected chi connectivity index (χ2v) is 4.35. The number of rotatable bonds is 2. The highest BCUT2D eigenvalue weighted by molar-refractivity contribution is 5.93. The molecule has 0 N–H and O–H groups in total. The van der Waals surface area contributed by atoms with Crippen molar-refractivity contribution in [1.29, 1.82) is 0 Å². The van der Waals surface area contributed by atoms with Crippen LogP contribution in [0, 0.1) is 0 Å². The van der Waals surface area contributed by atoms with Crippen molar-refractivity contribution in [3.63, 3.8) is 0 Å². The van der Waals surface area contributed by atoms with E-state index >= 15 is 0 Å². The first kappa shape index (κ1) is 13.4. The lowest BCUT2D eigenvalue weighted by atomic mass is 10.1. The number of aromatic nitrogens is 2. The molecular formula is C15H9F3N2O. The summed E-state index contributed by atoms with van der Waals surface area (Å²) in [6.45, 7) is 0. The molecule has 6 heteroatoms. The highest BCUT2D eigenvalue weighted by atomic mass is 19.4. The predicted octanol–water partition coefficient (Wildman–Crippen LogP) is 4.20. The lowest BCUT2D eigenvalue weighted by molar-refractivity contribution is -0.274. The van der Waals surface area contributed by atoms with Gasteiger partial charge in [-0.1, -0.05) is 24.3 Å². The monoisotopic (exact) mass is 290 g/mol. The first-order valence-electron chi connectivity index (χ1n) is 6.09. The van der Waals surface area contributed by atoms with Crippen LogP contribution in [-0.2, 0) is 0 Å². The van der Waals surface area contributed by atoms with Gasteiger partial charge in [-0.3, -0.25) is 0 Å². The molecule has 21 heavy (non-hydrogen) atoms. The Morgan fingerprint density at radius 3 is 2.33 bits per heavy atom. The van der Waals surface area contributed by atoms with Crippen molar-refractivity contribution >= 4 is 10.8 Å². The van der Waals surface area contributed by atoms with Crippen LogP contribution < -0.4 is 4.74 Å².